The summed E-state index contributed by atoms with van der Waals surface area (Å²) in [6, 6.07) is 9.16. The Kier molecular flexibility index (Phi) is 6.26. The first kappa shape index (κ1) is 19.1. The third-order valence-corrected chi connectivity index (χ3v) is 3.90. The summed E-state index contributed by atoms with van der Waals surface area (Å²) in [6.45, 7) is 5.65. The second-order valence-electron chi connectivity index (χ2n) is 5.87. The number of rotatable bonds is 6. The van der Waals surface area contributed by atoms with E-state index in [0.29, 0.717) is 11.5 Å². The van der Waals surface area contributed by atoms with Crippen molar-refractivity contribution >= 4 is 17.5 Å². The molecule has 2 aromatic rings. The molecule has 0 aliphatic heterocycles. The van der Waals surface area contributed by atoms with Crippen molar-refractivity contribution in [2.45, 2.75) is 32.9 Å². The molecule has 4 nitrogen and oxygen atoms in total. The number of hydrogen-bond acceptors (Lipinski definition) is 3. The van der Waals surface area contributed by atoms with Crippen molar-refractivity contribution < 1.29 is 18.7 Å². The highest BCUT2D eigenvalue weighted by Crippen LogP contribution is 2.31. The Morgan fingerprint density at radius 2 is 1.88 bits per heavy atom. The van der Waals surface area contributed by atoms with Crippen LogP contribution in [0.1, 0.15) is 42.7 Å². The summed E-state index contributed by atoms with van der Waals surface area (Å²) in [5.74, 6) is -0.0410. The van der Waals surface area contributed by atoms with Crippen LogP contribution in [-0.2, 0) is 0 Å². The molecule has 0 aliphatic carbocycles. The fourth-order valence-corrected chi connectivity index (χ4v) is 2.62. The van der Waals surface area contributed by atoms with Crippen molar-refractivity contribution in [3.05, 3.63) is 58.4 Å². The van der Waals surface area contributed by atoms with Crippen molar-refractivity contribution in [3.63, 3.8) is 0 Å². The molecule has 0 saturated heterocycles. The monoisotopic (exact) mass is 365 g/mol. The minimum absolute atomic E-state index is 0.0140. The van der Waals surface area contributed by atoms with E-state index in [2.05, 4.69) is 5.32 Å². The van der Waals surface area contributed by atoms with E-state index in [-0.39, 0.29) is 22.7 Å². The molecule has 0 radical (unpaired) electrons. The summed E-state index contributed by atoms with van der Waals surface area (Å²) in [5, 5.41) is 2.82. The largest absolute Gasteiger partial charge is 0.493 e. The van der Waals surface area contributed by atoms with Crippen LogP contribution in [0.4, 0.5) is 4.39 Å². The van der Waals surface area contributed by atoms with Gasteiger partial charge in [-0.2, -0.15) is 0 Å². The minimum atomic E-state index is -0.657. The zero-order valence-electron chi connectivity index (χ0n) is 14.6. The van der Waals surface area contributed by atoms with Crippen molar-refractivity contribution in [3.8, 4) is 11.5 Å². The Hall–Kier alpha value is -2.27. The average molecular weight is 366 g/mol. The van der Waals surface area contributed by atoms with Crippen molar-refractivity contribution in [2.75, 3.05) is 7.11 Å². The summed E-state index contributed by atoms with van der Waals surface area (Å²) in [6.07, 6.45) is 0.0140. The lowest BCUT2D eigenvalue weighted by atomic mass is 10.1. The maximum Gasteiger partial charge on any atom is 0.256 e. The molecule has 0 saturated carbocycles. The molecule has 1 N–H and O–H groups in total. The van der Waals surface area contributed by atoms with Crippen LogP contribution in [0.25, 0.3) is 0 Å². The van der Waals surface area contributed by atoms with Gasteiger partial charge in [0.05, 0.1) is 29.8 Å². The molecule has 0 heterocycles. The standard InChI is InChI=1S/C19H21ClFNO3/c1-11(2)25-16-9-8-13(10-17(16)24-4)12(3)22-19(23)18-14(20)6-5-7-15(18)21/h5-12H,1-4H3,(H,22,23)/t12-/m0/s1. The highest BCUT2D eigenvalue weighted by Gasteiger charge is 2.19. The molecule has 0 aliphatic rings. The van der Waals surface area contributed by atoms with Gasteiger partial charge in [0.1, 0.15) is 5.82 Å². The van der Waals surface area contributed by atoms with Crippen LogP contribution in [0, 0.1) is 5.82 Å². The Balaban J connectivity index is 2.20. The van der Waals surface area contributed by atoms with Crippen molar-refractivity contribution in [1.82, 2.24) is 5.32 Å². The first-order valence-electron chi connectivity index (χ1n) is 7.93. The lowest BCUT2D eigenvalue weighted by molar-refractivity contribution is 0.0936. The fourth-order valence-electron chi connectivity index (χ4n) is 2.37. The highest BCUT2D eigenvalue weighted by molar-refractivity contribution is 6.33. The maximum absolute atomic E-state index is 13.9. The van der Waals surface area contributed by atoms with Crippen molar-refractivity contribution in [2.24, 2.45) is 0 Å². The summed E-state index contributed by atoms with van der Waals surface area (Å²) < 4.78 is 24.9. The molecule has 2 aromatic carbocycles. The van der Waals surface area contributed by atoms with Gasteiger partial charge in [0.25, 0.3) is 5.91 Å². The molecule has 1 amide bonds. The quantitative estimate of drug-likeness (QED) is 0.802. The van der Waals surface area contributed by atoms with E-state index in [1.807, 2.05) is 19.9 Å². The average Bonchev–Trinajstić information content (AvgIpc) is 2.54. The van der Waals surface area contributed by atoms with Gasteiger partial charge in [-0.1, -0.05) is 23.7 Å². The van der Waals surface area contributed by atoms with Gasteiger partial charge in [-0.15, -0.1) is 0 Å². The Bertz CT molecular complexity index is 744. The minimum Gasteiger partial charge on any atom is -0.493 e. The van der Waals surface area contributed by atoms with Gasteiger partial charge >= 0.3 is 0 Å². The third kappa shape index (κ3) is 4.63. The van der Waals surface area contributed by atoms with Crippen LogP contribution in [-0.4, -0.2) is 19.1 Å². The van der Waals surface area contributed by atoms with E-state index in [1.165, 1.54) is 18.2 Å². The summed E-state index contributed by atoms with van der Waals surface area (Å²) in [5.41, 5.74) is 0.636. The second kappa shape index (κ2) is 8.21. The van der Waals surface area contributed by atoms with E-state index in [1.54, 1.807) is 26.2 Å². The summed E-state index contributed by atoms with van der Waals surface area (Å²) >= 11 is 5.93. The first-order chi connectivity index (χ1) is 11.8. The number of nitrogens with one attached hydrogen (secondary N) is 1. The van der Waals surface area contributed by atoms with E-state index >= 15 is 0 Å². The number of amides is 1. The van der Waals surface area contributed by atoms with Gasteiger partial charge in [0, 0.05) is 0 Å². The normalized spacial score (nSPS) is 12.0. The number of hydrogen-bond donors (Lipinski definition) is 1. The molecule has 0 bridgehead atoms. The van der Waals surface area contributed by atoms with Gasteiger partial charge in [-0.3, -0.25) is 4.79 Å². The number of methoxy groups -OCH3 is 1. The lowest BCUT2D eigenvalue weighted by Gasteiger charge is -2.18. The van der Waals surface area contributed by atoms with Gasteiger partial charge < -0.3 is 14.8 Å². The van der Waals surface area contributed by atoms with Gasteiger partial charge in [-0.05, 0) is 50.6 Å². The fraction of sp³-hybridized carbons (Fsp3) is 0.316. The van der Waals surface area contributed by atoms with E-state index in [0.717, 1.165) is 5.56 Å². The molecule has 1 atom stereocenters. The lowest BCUT2D eigenvalue weighted by Crippen LogP contribution is -2.27. The predicted octanol–water partition coefficient (Wildman–Crippen LogP) is 4.77. The van der Waals surface area contributed by atoms with Crippen molar-refractivity contribution in [1.29, 1.82) is 0 Å². The molecule has 25 heavy (non-hydrogen) atoms. The second-order valence-corrected chi connectivity index (χ2v) is 6.28. The maximum atomic E-state index is 13.9. The zero-order valence-corrected chi connectivity index (χ0v) is 15.4. The third-order valence-electron chi connectivity index (χ3n) is 3.59. The molecule has 0 unspecified atom stereocenters. The van der Waals surface area contributed by atoms with E-state index < -0.39 is 11.7 Å². The smallest absolute Gasteiger partial charge is 0.256 e. The Morgan fingerprint density at radius 3 is 2.48 bits per heavy atom. The summed E-state index contributed by atoms with van der Waals surface area (Å²) in [4.78, 5) is 12.3. The number of halogens is 2. The number of ether oxygens (including phenoxy) is 2. The molecule has 0 spiro atoms. The molecule has 2 rings (SSSR count). The predicted molar refractivity (Wildman–Crippen MR) is 96.0 cm³/mol. The number of carbonyl (C=O) groups is 1. The molecule has 134 valence electrons. The van der Waals surface area contributed by atoms with Crippen LogP contribution in [0.2, 0.25) is 5.02 Å². The molecular weight excluding hydrogens is 345 g/mol. The molecular formula is C19H21ClFNO3. The Morgan fingerprint density at radius 1 is 1.16 bits per heavy atom. The van der Waals surface area contributed by atoms with E-state index in [4.69, 9.17) is 21.1 Å². The van der Waals surface area contributed by atoms with Gasteiger partial charge in [0.15, 0.2) is 11.5 Å². The number of carbonyl (C=O) groups excluding carboxylic acids is 1. The highest BCUT2D eigenvalue weighted by atomic mass is 35.5. The van der Waals surface area contributed by atoms with Crippen LogP contribution >= 0.6 is 11.6 Å². The van der Waals surface area contributed by atoms with Gasteiger partial charge in [0.2, 0.25) is 0 Å². The first-order valence-corrected chi connectivity index (χ1v) is 8.30. The molecule has 0 fully saturated rings. The van der Waals surface area contributed by atoms with Crippen LogP contribution < -0.4 is 14.8 Å². The Labute approximate surface area is 151 Å². The van der Waals surface area contributed by atoms with Gasteiger partial charge in [-0.25, -0.2) is 4.39 Å². The summed E-state index contributed by atoms with van der Waals surface area (Å²) in [7, 11) is 1.55. The molecule has 0 aromatic heterocycles. The number of benzene rings is 2. The topological polar surface area (TPSA) is 47.6 Å². The van der Waals surface area contributed by atoms with E-state index in [9.17, 15) is 9.18 Å². The molecule has 6 heteroatoms. The zero-order chi connectivity index (χ0) is 18.6. The SMILES string of the molecule is COc1cc([C@H](C)NC(=O)c2c(F)cccc2Cl)ccc1OC(C)C. The van der Waals surface area contributed by atoms with Crippen LogP contribution in [0.3, 0.4) is 0 Å². The van der Waals surface area contributed by atoms with Crippen LogP contribution in [0.5, 0.6) is 11.5 Å². The van der Waals surface area contributed by atoms with Crippen LogP contribution in [0.15, 0.2) is 36.4 Å².